The average Bonchev–Trinajstić information content (AvgIpc) is 2.60. The number of carbonyl (C=O) groups is 2. The number of benzene rings is 1. The Balaban J connectivity index is 2.17. The summed E-state index contributed by atoms with van der Waals surface area (Å²) in [5, 5.41) is 38.1. The van der Waals surface area contributed by atoms with E-state index in [1.54, 1.807) is 0 Å². The van der Waals surface area contributed by atoms with Gasteiger partial charge in [-0.1, -0.05) is 0 Å². The first-order valence-corrected chi connectivity index (χ1v) is 7.15. The Morgan fingerprint density at radius 2 is 1.64 bits per heavy atom. The normalized spacial score (nSPS) is 28.9. The first kappa shape index (κ1) is 18.9. The van der Waals surface area contributed by atoms with E-state index in [4.69, 9.17) is 24.1 Å². The summed E-state index contributed by atoms with van der Waals surface area (Å²) in [7, 11) is 2.79. The minimum absolute atomic E-state index is 0.0148. The van der Waals surface area contributed by atoms with Gasteiger partial charge in [-0.15, -0.1) is 0 Å². The molecule has 5 unspecified atom stereocenters. The van der Waals surface area contributed by atoms with E-state index in [1.807, 2.05) is 0 Å². The molecule has 0 aliphatic carbocycles. The van der Waals surface area contributed by atoms with Crippen molar-refractivity contribution < 1.29 is 49.0 Å². The third-order valence-corrected chi connectivity index (χ3v) is 3.66. The largest absolute Gasteiger partial charge is 0.493 e. The Hall–Kier alpha value is -2.40. The van der Waals surface area contributed by atoms with E-state index in [0.717, 1.165) is 0 Å². The number of methoxy groups -OCH3 is 2. The third-order valence-electron chi connectivity index (χ3n) is 3.66. The molecule has 1 aliphatic heterocycles. The Bertz CT molecular complexity index is 645. The molecule has 0 radical (unpaired) electrons. The Morgan fingerprint density at radius 1 is 1.00 bits per heavy atom. The smallest absolute Gasteiger partial charge is 0.340 e. The summed E-state index contributed by atoms with van der Waals surface area (Å²) in [6, 6.07) is 4.13. The van der Waals surface area contributed by atoms with E-state index >= 15 is 0 Å². The van der Waals surface area contributed by atoms with Crippen LogP contribution in [0.15, 0.2) is 18.2 Å². The van der Waals surface area contributed by atoms with Crippen LogP contribution in [0.5, 0.6) is 11.5 Å². The van der Waals surface area contributed by atoms with E-state index in [0.29, 0.717) is 5.75 Å². The van der Waals surface area contributed by atoms with Crippen molar-refractivity contribution in [2.75, 3.05) is 14.2 Å². The van der Waals surface area contributed by atoms with Gasteiger partial charge in [0, 0.05) is 0 Å². The van der Waals surface area contributed by atoms with Gasteiger partial charge in [0.05, 0.1) is 19.8 Å². The van der Waals surface area contributed by atoms with Gasteiger partial charge < -0.3 is 39.4 Å². The monoisotopic (exact) mass is 358 g/mol. The SMILES string of the molecule is COc1ccc(C(=O)OC2OC(C(=O)O)C(O)C(O)C2O)cc1OC. The lowest BCUT2D eigenvalue weighted by molar-refractivity contribution is -0.278. The average molecular weight is 358 g/mol. The topological polar surface area (TPSA) is 152 Å². The van der Waals surface area contributed by atoms with Gasteiger partial charge in [0.15, 0.2) is 17.6 Å². The molecule has 5 atom stereocenters. The molecule has 138 valence electrons. The number of carbonyl (C=O) groups excluding carboxylic acids is 1. The summed E-state index contributed by atoms with van der Waals surface area (Å²) in [6.45, 7) is 0. The van der Waals surface area contributed by atoms with Crippen LogP contribution in [0.25, 0.3) is 0 Å². The first-order valence-electron chi connectivity index (χ1n) is 7.15. The molecule has 0 saturated carbocycles. The van der Waals surface area contributed by atoms with Gasteiger partial charge in [0.2, 0.25) is 6.29 Å². The van der Waals surface area contributed by atoms with Crippen molar-refractivity contribution in [3.8, 4) is 11.5 Å². The van der Waals surface area contributed by atoms with Gasteiger partial charge in [0.1, 0.15) is 18.3 Å². The molecule has 1 saturated heterocycles. The number of carboxylic acid groups (broad SMARTS) is 1. The molecule has 1 aromatic rings. The molecule has 1 aromatic carbocycles. The number of aliphatic carboxylic acids is 1. The zero-order chi connectivity index (χ0) is 18.7. The molecule has 0 bridgehead atoms. The summed E-state index contributed by atoms with van der Waals surface area (Å²) in [5.41, 5.74) is 0.0148. The van der Waals surface area contributed by atoms with Crippen LogP contribution in [0.3, 0.4) is 0 Å². The van der Waals surface area contributed by atoms with Crippen molar-refractivity contribution in [2.45, 2.75) is 30.7 Å². The van der Waals surface area contributed by atoms with Crippen LogP contribution in [-0.2, 0) is 14.3 Å². The molecule has 25 heavy (non-hydrogen) atoms. The zero-order valence-corrected chi connectivity index (χ0v) is 13.4. The summed E-state index contributed by atoms with van der Waals surface area (Å²) >= 11 is 0. The number of rotatable bonds is 5. The molecule has 1 fully saturated rings. The van der Waals surface area contributed by atoms with E-state index in [1.165, 1.54) is 32.4 Å². The van der Waals surface area contributed by atoms with Crippen molar-refractivity contribution in [3.05, 3.63) is 23.8 Å². The summed E-state index contributed by atoms with van der Waals surface area (Å²) in [4.78, 5) is 23.2. The molecular formula is C15H18O10. The lowest BCUT2D eigenvalue weighted by Gasteiger charge is -2.37. The lowest BCUT2D eigenvalue weighted by atomic mass is 9.99. The number of hydrogen-bond donors (Lipinski definition) is 4. The number of ether oxygens (including phenoxy) is 4. The van der Waals surface area contributed by atoms with Crippen LogP contribution in [0.1, 0.15) is 10.4 Å². The van der Waals surface area contributed by atoms with Gasteiger partial charge >= 0.3 is 11.9 Å². The van der Waals surface area contributed by atoms with E-state index < -0.39 is 42.6 Å². The van der Waals surface area contributed by atoms with Crippen LogP contribution in [0.4, 0.5) is 0 Å². The van der Waals surface area contributed by atoms with E-state index in [-0.39, 0.29) is 11.3 Å². The Morgan fingerprint density at radius 3 is 2.20 bits per heavy atom. The molecule has 0 spiro atoms. The van der Waals surface area contributed by atoms with Crippen LogP contribution in [0.2, 0.25) is 0 Å². The zero-order valence-electron chi connectivity index (χ0n) is 13.4. The fourth-order valence-electron chi connectivity index (χ4n) is 2.29. The Kier molecular flexibility index (Phi) is 5.80. The van der Waals surface area contributed by atoms with Crippen LogP contribution in [-0.4, -0.2) is 77.3 Å². The predicted octanol–water partition coefficient (Wildman–Crippen LogP) is -1.25. The predicted molar refractivity (Wildman–Crippen MR) is 79.3 cm³/mol. The number of hydrogen-bond acceptors (Lipinski definition) is 9. The second-order valence-corrected chi connectivity index (χ2v) is 5.21. The fourth-order valence-corrected chi connectivity index (χ4v) is 2.29. The molecule has 10 heteroatoms. The number of aliphatic hydroxyl groups is 3. The van der Waals surface area contributed by atoms with Gasteiger partial charge in [-0.3, -0.25) is 0 Å². The summed E-state index contributed by atoms with van der Waals surface area (Å²) < 4.78 is 19.9. The summed E-state index contributed by atoms with van der Waals surface area (Å²) in [5.74, 6) is -1.92. The fraction of sp³-hybridized carbons (Fsp3) is 0.467. The van der Waals surface area contributed by atoms with Crippen molar-refractivity contribution in [2.24, 2.45) is 0 Å². The van der Waals surface area contributed by atoms with Crippen molar-refractivity contribution in [3.63, 3.8) is 0 Å². The molecule has 0 aromatic heterocycles. The highest BCUT2D eigenvalue weighted by atomic mass is 16.7. The van der Waals surface area contributed by atoms with Crippen LogP contribution < -0.4 is 9.47 Å². The molecule has 0 amide bonds. The van der Waals surface area contributed by atoms with Crippen molar-refractivity contribution >= 4 is 11.9 Å². The number of aliphatic hydroxyl groups excluding tert-OH is 3. The molecule has 10 nitrogen and oxygen atoms in total. The molecule has 1 heterocycles. The quantitative estimate of drug-likeness (QED) is 0.470. The Labute approximate surface area is 142 Å². The van der Waals surface area contributed by atoms with Crippen molar-refractivity contribution in [1.29, 1.82) is 0 Å². The molecular weight excluding hydrogens is 340 g/mol. The maximum absolute atomic E-state index is 12.2. The van der Waals surface area contributed by atoms with E-state index in [2.05, 4.69) is 0 Å². The lowest BCUT2D eigenvalue weighted by Crippen LogP contribution is -2.60. The molecule has 2 rings (SSSR count). The minimum Gasteiger partial charge on any atom is -0.493 e. The molecule has 1 aliphatic rings. The number of carboxylic acids is 1. The summed E-state index contributed by atoms with van der Waals surface area (Å²) in [6.07, 6.45) is -9.20. The van der Waals surface area contributed by atoms with Crippen LogP contribution >= 0.6 is 0 Å². The highest BCUT2D eigenvalue weighted by Crippen LogP contribution is 2.29. The molecule has 4 N–H and O–H groups in total. The highest BCUT2D eigenvalue weighted by molar-refractivity contribution is 5.90. The van der Waals surface area contributed by atoms with Gasteiger partial charge in [-0.25, -0.2) is 9.59 Å². The van der Waals surface area contributed by atoms with Crippen LogP contribution in [0, 0.1) is 0 Å². The second kappa shape index (κ2) is 7.66. The van der Waals surface area contributed by atoms with Crippen molar-refractivity contribution in [1.82, 2.24) is 0 Å². The van der Waals surface area contributed by atoms with Gasteiger partial charge in [0.25, 0.3) is 0 Å². The highest BCUT2D eigenvalue weighted by Gasteiger charge is 2.48. The van der Waals surface area contributed by atoms with E-state index in [9.17, 15) is 24.9 Å². The third kappa shape index (κ3) is 3.82. The maximum Gasteiger partial charge on any atom is 0.340 e. The second-order valence-electron chi connectivity index (χ2n) is 5.21. The minimum atomic E-state index is -1.87. The maximum atomic E-state index is 12.2. The van der Waals surface area contributed by atoms with Gasteiger partial charge in [-0.2, -0.15) is 0 Å². The number of esters is 1. The first-order chi connectivity index (χ1) is 11.8. The van der Waals surface area contributed by atoms with Gasteiger partial charge in [-0.05, 0) is 18.2 Å². The standard InChI is InChI=1S/C15H18O10/c1-22-7-4-3-6(5-8(7)23-2)14(21)25-15-11(18)9(16)10(17)12(24-15)13(19)20/h3-5,9-12,15-18H,1-2H3,(H,19,20).